The van der Waals surface area contributed by atoms with Gasteiger partial charge in [0.2, 0.25) is 5.91 Å². The van der Waals surface area contributed by atoms with Gasteiger partial charge in [-0.3, -0.25) is 4.79 Å². The number of carbonyl (C=O) groups is 2. The molecule has 1 N–H and O–H groups in total. The van der Waals surface area contributed by atoms with Crippen LogP contribution >= 0.6 is 0 Å². The number of hydrogen-bond donors (Lipinski definition) is 1. The third-order valence-electron chi connectivity index (χ3n) is 2.80. The largest absolute Gasteiger partial charge is 0.479 e. The molecule has 1 aliphatic rings. The van der Waals surface area contributed by atoms with E-state index in [1.54, 1.807) is 18.2 Å². The number of nitrogens with zero attached hydrogens (tertiary/aromatic N) is 1. The van der Waals surface area contributed by atoms with Crippen molar-refractivity contribution in [3.63, 3.8) is 0 Å². The lowest BCUT2D eigenvalue weighted by molar-refractivity contribution is -0.158. The number of furan rings is 1. The molecular weight excluding hydrogens is 250 g/mol. The lowest BCUT2D eigenvalue weighted by Crippen LogP contribution is -2.48. The van der Waals surface area contributed by atoms with Gasteiger partial charge in [-0.2, -0.15) is 0 Å². The number of carboxylic acid groups (broad SMARTS) is 1. The predicted octanol–water partition coefficient (Wildman–Crippen LogP) is 0.913. The fraction of sp³-hybridized carbons (Fsp3) is 0.385. The Hall–Kier alpha value is -2.08. The second kappa shape index (κ2) is 5.71. The maximum Gasteiger partial charge on any atom is 0.334 e. The Balaban J connectivity index is 1.96. The van der Waals surface area contributed by atoms with E-state index < -0.39 is 12.1 Å². The lowest BCUT2D eigenvalue weighted by atomic mass is 10.2. The van der Waals surface area contributed by atoms with Crippen molar-refractivity contribution in [3.8, 4) is 0 Å². The molecule has 19 heavy (non-hydrogen) atoms. The number of morpholine rings is 1. The van der Waals surface area contributed by atoms with Gasteiger partial charge >= 0.3 is 5.97 Å². The predicted molar refractivity (Wildman–Crippen MR) is 66.4 cm³/mol. The smallest absolute Gasteiger partial charge is 0.334 e. The number of aryl methyl sites for hydroxylation is 1. The Labute approximate surface area is 110 Å². The first-order valence-corrected chi connectivity index (χ1v) is 5.94. The van der Waals surface area contributed by atoms with Crippen LogP contribution in [0.2, 0.25) is 0 Å². The number of carboxylic acids is 1. The van der Waals surface area contributed by atoms with Gasteiger partial charge in [0.05, 0.1) is 13.2 Å². The molecule has 1 fully saturated rings. The highest BCUT2D eigenvalue weighted by Crippen LogP contribution is 2.10. The van der Waals surface area contributed by atoms with Gasteiger partial charge in [-0.1, -0.05) is 0 Å². The molecular formula is C13H15NO5. The third-order valence-corrected chi connectivity index (χ3v) is 2.80. The van der Waals surface area contributed by atoms with Crippen LogP contribution in [0.3, 0.4) is 0 Å². The Morgan fingerprint density at radius 3 is 2.89 bits per heavy atom. The van der Waals surface area contributed by atoms with Gasteiger partial charge in [0.1, 0.15) is 11.5 Å². The standard InChI is InChI=1S/C13H15NO5/c1-9-2-3-10(19-9)4-5-12(15)14-6-7-18-11(8-14)13(16)17/h2-5,11H,6-8H2,1H3,(H,16,17)/b5-4-/t11-/m0/s1. The zero-order valence-corrected chi connectivity index (χ0v) is 10.5. The van der Waals surface area contributed by atoms with E-state index in [9.17, 15) is 9.59 Å². The van der Waals surface area contributed by atoms with Crippen LogP contribution in [0.1, 0.15) is 11.5 Å². The van der Waals surface area contributed by atoms with E-state index in [2.05, 4.69) is 0 Å². The number of ether oxygens (including phenoxy) is 1. The minimum atomic E-state index is -1.05. The van der Waals surface area contributed by atoms with Crippen molar-refractivity contribution in [1.82, 2.24) is 4.90 Å². The van der Waals surface area contributed by atoms with Crippen LogP contribution in [-0.2, 0) is 14.3 Å². The van der Waals surface area contributed by atoms with E-state index in [0.717, 1.165) is 5.76 Å². The molecule has 1 atom stereocenters. The first-order valence-electron chi connectivity index (χ1n) is 5.94. The van der Waals surface area contributed by atoms with Crippen LogP contribution in [0.5, 0.6) is 0 Å². The van der Waals surface area contributed by atoms with Crippen LogP contribution in [0.25, 0.3) is 6.08 Å². The zero-order chi connectivity index (χ0) is 13.8. The van der Waals surface area contributed by atoms with Gasteiger partial charge in [-0.05, 0) is 25.1 Å². The van der Waals surface area contributed by atoms with Gasteiger partial charge < -0.3 is 19.2 Å². The molecule has 0 saturated carbocycles. The Morgan fingerprint density at radius 2 is 2.26 bits per heavy atom. The van der Waals surface area contributed by atoms with Crippen LogP contribution in [0, 0.1) is 6.92 Å². The molecule has 1 aliphatic heterocycles. The summed E-state index contributed by atoms with van der Waals surface area (Å²) in [5.74, 6) is 0.0602. The van der Waals surface area contributed by atoms with Crippen LogP contribution in [0.4, 0.5) is 0 Å². The summed E-state index contributed by atoms with van der Waals surface area (Å²) in [4.78, 5) is 24.2. The van der Waals surface area contributed by atoms with E-state index in [4.69, 9.17) is 14.3 Å². The number of rotatable bonds is 3. The highest BCUT2D eigenvalue weighted by atomic mass is 16.5. The Morgan fingerprint density at radius 1 is 1.47 bits per heavy atom. The first kappa shape index (κ1) is 13.4. The van der Waals surface area contributed by atoms with Crippen molar-refractivity contribution < 1.29 is 23.8 Å². The number of hydrogen-bond acceptors (Lipinski definition) is 4. The maximum atomic E-state index is 11.9. The first-order chi connectivity index (χ1) is 9.06. The molecule has 1 amide bonds. The molecule has 6 heteroatoms. The number of amides is 1. The fourth-order valence-electron chi connectivity index (χ4n) is 1.80. The van der Waals surface area contributed by atoms with Crippen LogP contribution < -0.4 is 0 Å². The summed E-state index contributed by atoms with van der Waals surface area (Å²) < 4.78 is 10.4. The molecule has 0 aromatic carbocycles. The molecule has 0 aliphatic carbocycles. The van der Waals surface area contributed by atoms with Crippen LogP contribution in [0.15, 0.2) is 22.6 Å². The molecule has 2 rings (SSSR count). The second-order valence-corrected chi connectivity index (χ2v) is 4.26. The van der Waals surface area contributed by atoms with Gasteiger partial charge in [-0.15, -0.1) is 0 Å². The van der Waals surface area contributed by atoms with Crippen molar-refractivity contribution >= 4 is 18.0 Å². The van der Waals surface area contributed by atoms with Gasteiger partial charge in [0.25, 0.3) is 0 Å². The van der Waals surface area contributed by atoms with Gasteiger partial charge in [0, 0.05) is 12.6 Å². The molecule has 0 unspecified atom stereocenters. The summed E-state index contributed by atoms with van der Waals surface area (Å²) in [6, 6.07) is 3.57. The number of aliphatic carboxylic acids is 1. The van der Waals surface area contributed by atoms with Crippen molar-refractivity contribution in [2.45, 2.75) is 13.0 Å². The molecule has 6 nitrogen and oxygen atoms in total. The minimum Gasteiger partial charge on any atom is -0.479 e. The molecule has 0 bridgehead atoms. The highest BCUT2D eigenvalue weighted by molar-refractivity contribution is 5.92. The highest BCUT2D eigenvalue weighted by Gasteiger charge is 2.27. The minimum absolute atomic E-state index is 0.0652. The van der Waals surface area contributed by atoms with Crippen molar-refractivity contribution in [3.05, 3.63) is 29.7 Å². The maximum absolute atomic E-state index is 11.9. The topological polar surface area (TPSA) is 80.0 Å². The molecule has 1 aromatic heterocycles. The zero-order valence-electron chi connectivity index (χ0n) is 10.5. The SMILES string of the molecule is Cc1ccc(/C=C\C(=O)N2CCO[C@H](C(=O)O)C2)o1. The van der Waals surface area contributed by atoms with Crippen LogP contribution in [-0.4, -0.2) is 47.7 Å². The molecule has 1 aromatic rings. The average Bonchev–Trinajstić information content (AvgIpc) is 2.82. The monoisotopic (exact) mass is 265 g/mol. The average molecular weight is 265 g/mol. The second-order valence-electron chi connectivity index (χ2n) is 4.26. The third kappa shape index (κ3) is 3.45. The van der Waals surface area contributed by atoms with E-state index in [-0.39, 0.29) is 19.1 Å². The summed E-state index contributed by atoms with van der Waals surface area (Å²) >= 11 is 0. The molecule has 1 saturated heterocycles. The normalized spacial score (nSPS) is 19.8. The Bertz CT molecular complexity index is 505. The van der Waals surface area contributed by atoms with E-state index in [1.165, 1.54) is 11.0 Å². The summed E-state index contributed by atoms with van der Waals surface area (Å²) in [5.41, 5.74) is 0. The van der Waals surface area contributed by atoms with Gasteiger partial charge in [0.15, 0.2) is 6.10 Å². The summed E-state index contributed by atoms with van der Waals surface area (Å²) in [6.45, 7) is 2.51. The van der Waals surface area contributed by atoms with E-state index in [0.29, 0.717) is 12.3 Å². The van der Waals surface area contributed by atoms with E-state index in [1.807, 2.05) is 6.92 Å². The van der Waals surface area contributed by atoms with Crippen molar-refractivity contribution in [2.75, 3.05) is 19.7 Å². The Kier molecular flexibility index (Phi) is 4.01. The van der Waals surface area contributed by atoms with Gasteiger partial charge in [-0.25, -0.2) is 4.79 Å². The fourth-order valence-corrected chi connectivity index (χ4v) is 1.80. The number of carbonyl (C=O) groups excluding carboxylic acids is 1. The van der Waals surface area contributed by atoms with Crippen molar-refractivity contribution in [2.24, 2.45) is 0 Å². The molecule has 2 heterocycles. The van der Waals surface area contributed by atoms with E-state index >= 15 is 0 Å². The molecule has 0 spiro atoms. The summed E-state index contributed by atoms with van der Waals surface area (Å²) in [5, 5.41) is 8.85. The van der Waals surface area contributed by atoms with Crippen molar-refractivity contribution in [1.29, 1.82) is 0 Å². The molecule has 0 radical (unpaired) electrons. The quantitative estimate of drug-likeness (QED) is 0.822. The summed E-state index contributed by atoms with van der Waals surface area (Å²) in [7, 11) is 0. The molecule has 102 valence electrons. The summed E-state index contributed by atoms with van der Waals surface area (Å²) in [6.07, 6.45) is 2.00. The lowest BCUT2D eigenvalue weighted by Gasteiger charge is -2.29.